The number of carboxylic acid groups (broad SMARTS) is 1. The van der Waals surface area contributed by atoms with Crippen molar-refractivity contribution in [1.29, 1.82) is 0 Å². The standard InChI is InChI=1S/C25H43NO4/c1-2-3-4-5-6-7-8-9-10-11-12-13-14-15-24(27)30-22-18-16-21(17-19-22)20-23(26)25(28)29/h16-19,23-24,27H,2-15,20,26H2,1H3,(H,28,29). The van der Waals surface area contributed by atoms with Gasteiger partial charge in [0.2, 0.25) is 0 Å². The lowest BCUT2D eigenvalue weighted by Crippen LogP contribution is -2.32. The fraction of sp³-hybridized carbons (Fsp3) is 0.720. The molecule has 0 saturated heterocycles. The second-order valence-corrected chi connectivity index (χ2v) is 8.40. The molecule has 2 atom stereocenters. The molecule has 0 fully saturated rings. The number of carbonyl (C=O) groups is 1. The van der Waals surface area contributed by atoms with Gasteiger partial charge in [0, 0.05) is 6.42 Å². The van der Waals surface area contributed by atoms with Crippen LogP contribution in [-0.2, 0) is 11.2 Å². The molecule has 1 aromatic carbocycles. The summed E-state index contributed by atoms with van der Waals surface area (Å²) in [6.07, 6.45) is 17.1. The van der Waals surface area contributed by atoms with E-state index in [1.165, 1.54) is 70.6 Å². The van der Waals surface area contributed by atoms with E-state index < -0.39 is 18.3 Å². The van der Waals surface area contributed by atoms with Gasteiger partial charge in [-0.05, 0) is 30.5 Å². The second-order valence-electron chi connectivity index (χ2n) is 8.40. The van der Waals surface area contributed by atoms with E-state index in [1.54, 1.807) is 24.3 Å². The van der Waals surface area contributed by atoms with Gasteiger partial charge in [0.25, 0.3) is 0 Å². The number of hydrogen-bond acceptors (Lipinski definition) is 4. The molecule has 0 heterocycles. The Morgan fingerprint density at radius 3 is 1.80 bits per heavy atom. The van der Waals surface area contributed by atoms with Crippen LogP contribution in [0.5, 0.6) is 5.75 Å². The molecule has 0 aliphatic heterocycles. The third kappa shape index (κ3) is 13.6. The average molecular weight is 422 g/mol. The van der Waals surface area contributed by atoms with E-state index in [-0.39, 0.29) is 6.42 Å². The molecule has 30 heavy (non-hydrogen) atoms. The maximum atomic E-state index is 10.8. The molecule has 0 bridgehead atoms. The minimum atomic E-state index is -1.01. The molecule has 0 amide bonds. The Morgan fingerprint density at radius 1 is 0.867 bits per heavy atom. The van der Waals surface area contributed by atoms with Crippen molar-refractivity contribution in [1.82, 2.24) is 0 Å². The maximum Gasteiger partial charge on any atom is 0.320 e. The van der Waals surface area contributed by atoms with Crippen LogP contribution < -0.4 is 10.5 Å². The lowest BCUT2D eigenvalue weighted by molar-refractivity contribution is -0.138. The van der Waals surface area contributed by atoms with Crippen LogP contribution in [0.2, 0.25) is 0 Å². The highest BCUT2D eigenvalue weighted by Crippen LogP contribution is 2.17. The van der Waals surface area contributed by atoms with Gasteiger partial charge in [-0.3, -0.25) is 4.79 Å². The van der Waals surface area contributed by atoms with Crippen molar-refractivity contribution in [3.8, 4) is 5.75 Å². The Balaban J connectivity index is 1.99. The van der Waals surface area contributed by atoms with Gasteiger partial charge in [-0.2, -0.15) is 0 Å². The smallest absolute Gasteiger partial charge is 0.320 e. The molecule has 2 unspecified atom stereocenters. The SMILES string of the molecule is CCCCCCCCCCCCCCCC(O)Oc1ccc(CC(N)C(=O)O)cc1. The Kier molecular flexibility index (Phi) is 15.1. The maximum absolute atomic E-state index is 10.8. The number of hydrogen-bond donors (Lipinski definition) is 3. The highest BCUT2D eigenvalue weighted by molar-refractivity contribution is 5.73. The number of aliphatic hydroxyl groups excluding tert-OH is 1. The van der Waals surface area contributed by atoms with E-state index in [1.807, 2.05) is 0 Å². The van der Waals surface area contributed by atoms with Gasteiger partial charge in [-0.1, -0.05) is 96.1 Å². The van der Waals surface area contributed by atoms with Crippen LogP contribution >= 0.6 is 0 Å². The quantitative estimate of drug-likeness (QED) is 0.193. The molecule has 4 N–H and O–H groups in total. The van der Waals surface area contributed by atoms with E-state index in [2.05, 4.69) is 6.92 Å². The molecular weight excluding hydrogens is 378 g/mol. The molecule has 1 aromatic rings. The van der Waals surface area contributed by atoms with Crippen LogP contribution in [-0.4, -0.2) is 28.5 Å². The zero-order valence-electron chi connectivity index (χ0n) is 18.9. The first-order chi connectivity index (χ1) is 14.5. The van der Waals surface area contributed by atoms with Gasteiger partial charge in [0.15, 0.2) is 6.29 Å². The molecule has 0 aromatic heterocycles. The van der Waals surface area contributed by atoms with Crippen molar-refractivity contribution in [2.45, 2.75) is 116 Å². The van der Waals surface area contributed by atoms with Gasteiger partial charge < -0.3 is 20.7 Å². The van der Waals surface area contributed by atoms with Gasteiger partial charge in [-0.25, -0.2) is 0 Å². The molecule has 172 valence electrons. The summed E-state index contributed by atoms with van der Waals surface area (Å²) in [5.41, 5.74) is 6.37. The largest absolute Gasteiger partial charge is 0.480 e. The first-order valence-electron chi connectivity index (χ1n) is 11.9. The fourth-order valence-electron chi connectivity index (χ4n) is 3.60. The number of aliphatic hydroxyl groups is 1. The highest BCUT2D eigenvalue weighted by atomic mass is 16.6. The molecule has 5 heteroatoms. The summed E-state index contributed by atoms with van der Waals surface area (Å²) >= 11 is 0. The summed E-state index contributed by atoms with van der Waals surface area (Å²) in [5.74, 6) is -0.423. The Morgan fingerprint density at radius 2 is 1.33 bits per heavy atom. The van der Waals surface area contributed by atoms with Crippen LogP contribution in [0.25, 0.3) is 0 Å². The predicted octanol–water partition coefficient (Wildman–Crippen LogP) is 5.82. The van der Waals surface area contributed by atoms with E-state index in [0.29, 0.717) is 12.2 Å². The Hall–Kier alpha value is -1.59. The molecule has 1 rings (SSSR count). The number of benzene rings is 1. The van der Waals surface area contributed by atoms with E-state index >= 15 is 0 Å². The minimum absolute atomic E-state index is 0.275. The molecule has 0 saturated carbocycles. The van der Waals surface area contributed by atoms with E-state index in [0.717, 1.165) is 18.4 Å². The summed E-state index contributed by atoms with van der Waals surface area (Å²) in [4.78, 5) is 10.8. The van der Waals surface area contributed by atoms with Gasteiger partial charge in [-0.15, -0.1) is 0 Å². The van der Waals surface area contributed by atoms with Gasteiger partial charge in [0.05, 0.1) is 0 Å². The summed E-state index contributed by atoms with van der Waals surface area (Å²) < 4.78 is 5.54. The molecule has 0 radical (unpaired) electrons. The Bertz CT molecular complexity index is 547. The molecule has 0 aliphatic carbocycles. The highest BCUT2D eigenvalue weighted by Gasteiger charge is 2.12. The zero-order valence-corrected chi connectivity index (χ0v) is 18.9. The second kappa shape index (κ2) is 17.1. The minimum Gasteiger partial charge on any atom is -0.480 e. The topological polar surface area (TPSA) is 92.8 Å². The third-order valence-corrected chi connectivity index (χ3v) is 5.52. The van der Waals surface area contributed by atoms with Crippen LogP contribution in [0, 0.1) is 0 Å². The van der Waals surface area contributed by atoms with Gasteiger partial charge in [0.1, 0.15) is 11.8 Å². The van der Waals surface area contributed by atoms with Crippen molar-refractivity contribution in [3.63, 3.8) is 0 Å². The van der Waals surface area contributed by atoms with Crippen molar-refractivity contribution in [2.24, 2.45) is 5.73 Å². The first-order valence-corrected chi connectivity index (χ1v) is 11.9. The Labute approximate surface area is 183 Å². The number of rotatable bonds is 19. The summed E-state index contributed by atoms with van der Waals surface area (Å²) in [5, 5.41) is 18.9. The molecule has 5 nitrogen and oxygen atoms in total. The van der Waals surface area contributed by atoms with Crippen molar-refractivity contribution in [3.05, 3.63) is 29.8 Å². The number of nitrogens with two attached hydrogens (primary N) is 1. The van der Waals surface area contributed by atoms with Crippen LogP contribution in [0.3, 0.4) is 0 Å². The van der Waals surface area contributed by atoms with Crippen LogP contribution in [0.1, 0.15) is 102 Å². The summed E-state index contributed by atoms with van der Waals surface area (Å²) in [7, 11) is 0. The molecule has 0 spiro atoms. The predicted molar refractivity (Wildman–Crippen MR) is 123 cm³/mol. The van der Waals surface area contributed by atoms with Crippen molar-refractivity contribution in [2.75, 3.05) is 0 Å². The van der Waals surface area contributed by atoms with E-state index in [4.69, 9.17) is 15.6 Å². The molecular formula is C25H43NO4. The monoisotopic (exact) mass is 421 g/mol. The van der Waals surface area contributed by atoms with Crippen LogP contribution in [0.4, 0.5) is 0 Å². The molecule has 0 aliphatic rings. The lowest BCUT2D eigenvalue weighted by atomic mass is 10.0. The number of carboxylic acids is 1. The van der Waals surface area contributed by atoms with E-state index in [9.17, 15) is 9.90 Å². The number of unbranched alkanes of at least 4 members (excludes halogenated alkanes) is 12. The zero-order chi connectivity index (χ0) is 22.0. The van der Waals surface area contributed by atoms with Crippen LogP contribution in [0.15, 0.2) is 24.3 Å². The summed E-state index contributed by atoms with van der Waals surface area (Å²) in [6, 6.07) is 6.16. The third-order valence-electron chi connectivity index (χ3n) is 5.52. The average Bonchev–Trinajstić information content (AvgIpc) is 2.72. The van der Waals surface area contributed by atoms with Gasteiger partial charge >= 0.3 is 5.97 Å². The first kappa shape index (κ1) is 26.4. The normalized spacial score (nSPS) is 13.2. The number of aliphatic carboxylic acids is 1. The lowest BCUT2D eigenvalue weighted by Gasteiger charge is -2.14. The fourth-order valence-corrected chi connectivity index (χ4v) is 3.60. The van der Waals surface area contributed by atoms with Crippen molar-refractivity contribution >= 4 is 5.97 Å². The van der Waals surface area contributed by atoms with Crippen molar-refractivity contribution < 1.29 is 19.7 Å². The summed E-state index contributed by atoms with van der Waals surface area (Å²) in [6.45, 7) is 2.26. The number of ether oxygens (including phenoxy) is 1.